The molecule has 0 amide bonds. The van der Waals surface area contributed by atoms with Crippen LogP contribution in [0.1, 0.15) is 33.6 Å². The second kappa shape index (κ2) is 7.81. The Balaban J connectivity index is 2.10. The molecular weight excluding hydrogens is 326 g/mol. The molecule has 0 fully saturated rings. The number of benzene rings is 2. The van der Waals surface area contributed by atoms with Crippen LogP contribution in [0.4, 0.5) is 0 Å². The van der Waals surface area contributed by atoms with Gasteiger partial charge in [-0.05, 0) is 41.5 Å². The van der Waals surface area contributed by atoms with Gasteiger partial charge in [-0.2, -0.15) is 0 Å². The minimum Gasteiger partial charge on any atom is -0.489 e. The molecule has 1 atom stereocenters. The molecule has 0 aliphatic rings. The lowest BCUT2D eigenvalue weighted by molar-refractivity contribution is 0.183. The molecule has 0 saturated heterocycles. The average molecular weight is 350 g/mol. The SMILES string of the molecule is CCCC(CNC(C)C)Oc1ccc2cc(Br)ccc2c1. The molecule has 0 spiro atoms. The topological polar surface area (TPSA) is 21.3 Å². The first kappa shape index (κ1) is 16.3. The van der Waals surface area contributed by atoms with Gasteiger partial charge in [0.2, 0.25) is 0 Å². The number of halogens is 1. The number of hydrogen-bond donors (Lipinski definition) is 1. The van der Waals surface area contributed by atoms with E-state index < -0.39 is 0 Å². The largest absolute Gasteiger partial charge is 0.489 e. The minimum absolute atomic E-state index is 0.227. The number of fused-ring (bicyclic) bond motifs is 1. The van der Waals surface area contributed by atoms with Crippen molar-refractivity contribution in [3.63, 3.8) is 0 Å². The van der Waals surface area contributed by atoms with E-state index >= 15 is 0 Å². The number of nitrogens with one attached hydrogen (secondary N) is 1. The van der Waals surface area contributed by atoms with E-state index in [9.17, 15) is 0 Å². The van der Waals surface area contributed by atoms with E-state index in [4.69, 9.17) is 4.74 Å². The van der Waals surface area contributed by atoms with Crippen molar-refractivity contribution in [2.24, 2.45) is 0 Å². The van der Waals surface area contributed by atoms with Gasteiger partial charge in [0.25, 0.3) is 0 Å². The lowest BCUT2D eigenvalue weighted by Crippen LogP contribution is -2.35. The van der Waals surface area contributed by atoms with Gasteiger partial charge in [-0.3, -0.25) is 0 Å². The minimum atomic E-state index is 0.227. The molecule has 2 rings (SSSR count). The zero-order chi connectivity index (χ0) is 15.2. The normalized spacial score (nSPS) is 12.8. The van der Waals surface area contributed by atoms with Crippen LogP contribution in [0, 0.1) is 0 Å². The van der Waals surface area contributed by atoms with Gasteiger partial charge in [-0.25, -0.2) is 0 Å². The summed E-state index contributed by atoms with van der Waals surface area (Å²) in [5.41, 5.74) is 0. The molecule has 0 aliphatic heterocycles. The molecule has 21 heavy (non-hydrogen) atoms. The summed E-state index contributed by atoms with van der Waals surface area (Å²) >= 11 is 3.51. The Bertz CT molecular complexity index is 582. The van der Waals surface area contributed by atoms with E-state index in [1.54, 1.807) is 0 Å². The maximum atomic E-state index is 6.17. The molecule has 2 aromatic carbocycles. The first-order chi connectivity index (χ1) is 10.1. The fourth-order valence-corrected chi connectivity index (χ4v) is 2.73. The summed E-state index contributed by atoms with van der Waals surface area (Å²) in [5, 5.41) is 5.90. The van der Waals surface area contributed by atoms with Crippen LogP contribution in [-0.4, -0.2) is 18.7 Å². The number of hydrogen-bond acceptors (Lipinski definition) is 2. The molecule has 0 bridgehead atoms. The summed E-state index contributed by atoms with van der Waals surface area (Å²) in [6.07, 6.45) is 2.42. The predicted molar refractivity (Wildman–Crippen MR) is 94.1 cm³/mol. The molecule has 0 heterocycles. The van der Waals surface area contributed by atoms with Crippen LogP contribution in [0.25, 0.3) is 10.8 Å². The smallest absolute Gasteiger partial charge is 0.120 e. The van der Waals surface area contributed by atoms with Gasteiger partial charge in [0, 0.05) is 17.1 Å². The molecule has 0 saturated carbocycles. The Morgan fingerprint density at radius 3 is 2.52 bits per heavy atom. The molecule has 3 heteroatoms. The second-order valence-electron chi connectivity index (χ2n) is 5.74. The predicted octanol–water partition coefficient (Wildman–Crippen LogP) is 5.15. The maximum Gasteiger partial charge on any atom is 0.120 e. The molecule has 114 valence electrons. The first-order valence-electron chi connectivity index (χ1n) is 7.68. The molecule has 2 nitrogen and oxygen atoms in total. The Labute approximate surface area is 136 Å². The highest BCUT2D eigenvalue weighted by molar-refractivity contribution is 9.10. The maximum absolute atomic E-state index is 6.17. The highest BCUT2D eigenvalue weighted by atomic mass is 79.9. The first-order valence-corrected chi connectivity index (χ1v) is 8.47. The molecule has 1 unspecified atom stereocenters. The van der Waals surface area contributed by atoms with Crippen molar-refractivity contribution in [2.75, 3.05) is 6.54 Å². The summed E-state index contributed by atoms with van der Waals surface area (Å²) in [7, 11) is 0. The standard InChI is InChI=1S/C18H24BrNO/c1-4-5-18(12-20-13(2)3)21-17-9-7-14-10-16(19)8-6-15(14)11-17/h6-11,13,18,20H,4-5,12H2,1-3H3. The molecular formula is C18H24BrNO. The quantitative estimate of drug-likeness (QED) is 0.746. The van der Waals surface area contributed by atoms with E-state index in [0.717, 1.165) is 29.6 Å². The molecule has 0 aliphatic carbocycles. The van der Waals surface area contributed by atoms with Crippen molar-refractivity contribution < 1.29 is 4.74 Å². The van der Waals surface area contributed by atoms with Crippen molar-refractivity contribution in [3.05, 3.63) is 40.9 Å². The fraction of sp³-hybridized carbons (Fsp3) is 0.444. The van der Waals surface area contributed by atoms with Gasteiger partial charge >= 0.3 is 0 Å². The lowest BCUT2D eigenvalue weighted by atomic mass is 10.1. The number of ether oxygens (including phenoxy) is 1. The van der Waals surface area contributed by atoms with Crippen LogP contribution >= 0.6 is 15.9 Å². The summed E-state index contributed by atoms with van der Waals surface area (Å²) in [6, 6.07) is 13.1. The van der Waals surface area contributed by atoms with Crippen LogP contribution in [0.2, 0.25) is 0 Å². The van der Waals surface area contributed by atoms with E-state index in [-0.39, 0.29) is 6.10 Å². The van der Waals surface area contributed by atoms with Gasteiger partial charge in [0.15, 0.2) is 0 Å². The van der Waals surface area contributed by atoms with Crippen LogP contribution in [0.5, 0.6) is 5.75 Å². The zero-order valence-electron chi connectivity index (χ0n) is 13.0. The summed E-state index contributed by atoms with van der Waals surface area (Å²) in [6.45, 7) is 7.42. The molecule has 0 radical (unpaired) electrons. The Kier molecular flexibility index (Phi) is 6.07. The van der Waals surface area contributed by atoms with Crippen molar-refractivity contribution in [1.29, 1.82) is 0 Å². The van der Waals surface area contributed by atoms with E-state index in [0.29, 0.717) is 6.04 Å². The van der Waals surface area contributed by atoms with Gasteiger partial charge in [0.05, 0.1) is 0 Å². The van der Waals surface area contributed by atoms with Crippen LogP contribution < -0.4 is 10.1 Å². The van der Waals surface area contributed by atoms with Crippen molar-refractivity contribution in [2.45, 2.75) is 45.8 Å². The fourth-order valence-electron chi connectivity index (χ4n) is 2.35. The summed E-state index contributed by atoms with van der Waals surface area (Å²) in [4.78, 5) is 0. The number of rotatable bonds is 7. The van der Waals surface area contributed by atoms with Crippen LogP contribution in [0.3, 0.4) is 0 Å². The summed E-state index contributed by atoms with van der Waals surface area (Å²) in [5.74, 6) is 0.953. The Morgan fingerprint density at radius 2 is 1.81 bits per heavy atom. The van der Waals surface area contributed by atoms with Gasteiger partial charge in [-0.1, -0.05) is 55.3 Å². The van der Waals surface area contributed by atoms with Crippen molar-refractivity contribution >= 4 is 26.7 Å². The Hall–Kier alpha value is -1.06. The lowest BCUT2D eigenvalue weighted by Gasteiger charge is -2.21. The van der Waals surface area contributed by atoms with E-state index in [1.165, 1.54) is 10.8 Å². The summed E-state index contributed by atoms with van der Waals surface area (Å²) < 4.78 is 7.27. The molecule has 0 aromatic heterocycles. The Morgan fingerprint density at radius 1 is 1.10 bits per heavy atom. The monoisotopic (exact) mass is 349 g/mol. The van der Waals surface area contributed by atoms with Gasteiger partial charge in [0.1, 0.15) is 11.9 Å². The van der Waals surface area contributed by atoms with Gasteiger partial charge < -0.3 is 10.1 Å². The van der Waals surface area contributed by atoms with Crippen molar-refractivity contribution in [3.8, 4) is 5.75 Å². The van der Waals surface area contributed by atoms with Crippen LogP contribution in [-0.2, 0) is 0 Å². The molecule has 1 N–H and O–H groups in total. The van der Waals surface area contributed by atoms with Gasteiger partial charge in [-0.15, -0.1) is 0 Å². The highest BCUT2D eigenvalue weighted by Crippen LogP contribution is 2.25. The van der Waals surface area contributed by atoms with E-state index in [2.05, 4.69) is 78.4 Å². The van der Waals surface area contributed by atoms with Crippen LogP contribution in [0.15, 0.2) is 40.9 Å². The molecule has 2 aromatic rings. The van der Waals surface area contributed by atoms with E-state index in [1.807, 2.05) is 0 Å². The highest BCUT2D eigenvalue weighted by Gasteiger charge is 2.10. The third-order valence-electron chi connectivity index (χ3n) is 3.44. The average Bonchev–Trinajstić information content (AvgIpc) is 2.45. The van der Waals surface area contributed by atoms with Crippen molar-refractivity contribution in [1.82, 2.24) is 5.32 Å². The second-order valence-corrected chi connectivity index (χ2v) is 6.66. The zero-order valence-corrected chi connectivity index (χ0v) is 14.6. The third kappa shape index (κ3) is 5.01. The third-order valence-corrected chi connectivity index (χ3v) is 3.93.